The van der Waals surface area contributed by atoms with Gasteiger partial charge in [0.1, 0.15) is 23.7 Å². The van der Waals surface area contributed by atoms with Crippen molar-refractivity contribution < 1.29 is 13.9 Å². The first-order valence-corrected chi connectivity index (χ1v) is 12.2. The number of benzene rings is 1. The summed E-state index contributed by atoms with van der Waals surface area (Å²) >= 11 is 0. The van der Waals surface area contributed by atoms with Crippen molar-refractivity contribution in [3.05, 3.63) is 65.4 Å². The monoisotopic (exact) mass is 503 g/mol. The van der Waals surface area contributed by atoms with Crippen LogP contribution in [0.3, 0.4) is 0 Å². The lowest BCUT2D eigenvalue weighted by molar-refractivity contribution is 0.102. The van der Waals surface area contributed by atoms with Crippen LogP contribution in [0.1, 0.15) is 48.3 Å². The van der Waals surface area contributed by atoms with Crippen molar-refractivity contribution >= 4 is 22.9 Å². The van der Waals surface area contributed by atoms with Gasteiger partial charge in [0.2, 0.25) is 0 Å². The number of aryl methyl sites for hydroxylation is 2. The molecule has 1 N–H and O–H groups in total. The van der Waals surface area contributed by atoms with Crippen LogP contribution in [-0.4, -0.2) is 56.8 Å². The molecule has 192 valence electrons. The Morgan fingerprint density at radius 3 is 2.57 bits per heavy atom. The smallest absolute Gasteiger partial charge is 0.274 e. The number of hydrogen-bond acceptors (Lipinski definition) is 7. The molecule has 1 aromatic carbocycles. The normalized spacial score (nSPS) is 14.3. The summed E-state index contributed by atoms with van der Waals surface area (Å²) in [4.78, 5) is 28.2. The summed E-state index contributed by atoms with van der Waals surface area (Å²) in [6, 6.07) is 6.76. The van der Waals surface area contributed by atoms with Crippen LogP contribution in [0.25, 0.3) is 16.8 Å². The van der Waals surface area contributed by atoms with Crippen LogP contribution < -0.4 is 10.2 Å². The Balaban J connectivity index is 1.53. The van der Waals surface area contributed by atoms with Gasteiger partial charge in [-0.25, -0.2) is 23.9 Å². The molecule has 0 spiro atoms. The molecule has 0 unspecified atom stereocenters. The minimum Gasteiger partial charge on any atom is -0.378 e. The molecule has 1 saturated heterocycles. The Morgan fingerprint density at radius 2 is 1.84 bits per heavy atom. The summed E-state index contributed by atoms with van der Waals surface area (Å²) in [6.45, 7) is 12.4. The minimum atomic E-state index is -0.522. The molecule has 10 heteroatoms. The highest BCUT2D eigenvalue weighted by atomic mass is 19.1. The first-order valence-electron chi connectivity index (χ1n) is 12.2. The number of nitrogens with one attached hydrogen (secondary N) is 1. The average molecular weight is 504 g/mol. The number of aromatic nitrogens is 5. The van der Waals surface area contributed by atoms with Gasteiger partial charge in [-0.1, -0.05) is 20.8 Å². The first-order chi connectivity index (χ1) is 17.6. The molecule has 1 aliphatic rings. The zero-order chi connectivity index (χ0) is 26.3. The predicted molar refractivity (Wildman–Crippen MR) is 140 cm³/mol. The summed E-state index contributed by atoms with van der Waals surface area (Å²) < 4.78 is 22.3. The highest BCUT2D eigenvalue weighted by Gasteiger charge is 2.21. The van der Waals surface area contributed by atoms with Gasteiger partial charge in [0, 0.05) is 36.0 Å². The molecule has 0 aliphatic carbocycles. The number of rotatable bonds is 4. The van der Waals surface area contributed by atoms with Gasteiger partial charge < -0.3 is 15.0 Å². The number of amides is 1. The molecule has 9 nitrogen and oxygen atoms in total. The number of halogens is 1. The van der Waals surface area contributed by atoms with E-state index >= 15 is 4.39 Å². The fraction of sp³-hybridized carbons (Fsp3) is 0.370. The lowest BCUT2D eigenvalue weighted by Crippen LogP contribution is -2.36. The van der Waals surface area contributed by atoms with Crippen LogP contribution in [0.15, 0.2) is 36.8 Å². The van der Waals surface area contributed by atoms with Crippen molar-refractivity contribution in [2.24, 2.45) is 0 Å². The molecule has 4 aromatic rings. The van der Waals surface area contributed by atoms with Crippen LogP contribution in [0.2, 0.25) is 0 Å². The Bertz CT molecular complexity index is 1490. The van der Waals surface area contributed by atoms with E-state index in [1.807, 2.05) is 46.9 Å². The molecule has 1 aliphatic heterocycles. The predicted octanol–water partition coefficient (Wildman–Crippen LogP) is 4.33. The maximum atomic E-state index is 15.0. The van der Waals surface area contributed by atoms with Gasteiger partial charge in [0.05, 0.1) is 24.6 Å². The van der Waals surface area contributed by atoms with E-state index in [2.05, 4.69) is 30.3 Å². The van der Waals surface area contributed by atoms with Crippen molar-refractivity contribution in [3.8, 4) is 11.1 Å². The highest BCUT2D eigenvalue weighted by molar-refractivity contribution is 6.03. The molecule has 4 heterocycles. The Hall–Kier alpha value is -3.92. The van der Waals surface area contributed by atoms with Crippen LogP contribution in [-0.2, 0) is 10.2 Å². The number of hydrogen-bond donors (Lipinski definition) is 1. The number of carbonyl (C=O) groups excluding carboxylic acids is 1. The number of ether oxygens (including phenoxy) is 1. The molecule has 1 amide bonds. The third-order valence-electron chi connectivity index (χ3n) is 6.41. The Kier molecular flexibility index (Phi) is 6.36. The van der Waals surface area contributed by atoms with Crippen LogP contribution in [0.5, 0.6) is 0 Å². The SMILES string of the molecule is Cc1nc2c(N3CCOCC3)cc(-c3cc(NC(=O)c4cc(C(C)(C)C)ncn4)c(F)cc3C)cn2n1. The van der Waals surface area contributed by atoms with E-state index in [0.29, 0.717) is 19.0 Å². The van der Waals surface area contributed by atoms with Gasteiger partial charge in [-0.2, -0.15) is 5.10 Å². The number of carbonyl (C=O) groups is 1. The van der Waals surface area contributed by atoms with E-state index in [-0.39, 0.29) is 16.8 Å². The molecule has 37 heavy (non-hydrogen) atoms. The van der Waals surface area contributed by atoms with Gasteiger partial charge in [0.15, 0.2) is 5.65 Å². The number of anilines is 2. The zero-order valence-corrected chi connectivity index (χ0v) is 21.7. The second kappa shape index (κ2) is 9.51. The van der Waals surface area contributed by atoms with Gasteiger partial charge >= 0.3 is 0 Å². The van der Waals surface area contributed by atoms with Crippen LogP contribution in [0.4, 0.5) is 15.8 Å². The number of pyridine rings is 1. The third-order valence-corrected chi connectivity index (χ3v) is 6.41. The molecule has 5 rings (SSSR count). The van der Waals surface area contributed by atoms with Crippen molar-refractivity contribution in [2.45, 2.75) is 40.0 Å². The van der Waals surface area contributed by atoms with E-state index in [1.54, 1.807) is 16.6 Å². The molecule has 3 aromatic heterocycles. The molecule has 0 radical (unpaired) electrons. The van der Waals surface area contributed by atoms with E-state index in [1.165, 1.54) is 12.4 Å². The number of fused-ring (bicyclic) bond motifs is 1. The number of nitrogens with zero attached hydrogens (tertiary/aromatic N) is 6. The Morgan fingerprint density at radius 1 is 1.08 bits per heavy atom. The summed E-state index contributed by atoms with van der Waals surface area (Å²) in [6.07, 6.45) is 3.24. The van der Waals surface area contributed by atoms with E-state index in [9.17, 15) is 4.79 Å². The molecule has 1 fully saturated rings. The summed E-state index contributed by atoms with van der Waals surface area (Å²) in [5.41, 5.74) is 4.77. The summed E-state index contributed by atoms with van der Waals surface area (Å²) in [7, 11) is 0. The van der Waals surface area contributed by atoms with Crippen LogP contribution in [0, 0.1) is 19.7 Å². The molecule has 0 atom stereocenters. The highest BCUT2D eigenvalue weighted by Crippen LogP contribution is 2.33. The lowest BCUT2D eigenvalue weighted by Gasteiger charge is -2.29. The molecule has 0 bridgehead atoms. The van der Waals surface area contributed by atoms with Gasteiger partial charge in [0.25, 0.3) is 5.91 Å². The lowest BCUT2D eigenvalue weighted by atomic mass is 9.91. The number of morpholine rings is 1. The maximum absolute atomic E-state index is 15.0. The van der Waals surface area contributed by atoms with Crippen molar-refractivity contribution in [3.63, 3.8) is 0 Å². The van der Waals surface area contributed by atoms with Crippen molar-refractivity contribution in [2.75, 3.05) is 36.5 Å². The topological polar surface area (TPSA) is 97.5 Å². The van der Waals surface area contributed by atoms with E-state index in [0.717, 1.165) is 46.8 Å². The maximum Gasteiger partial charge on any atom is 0.274 e. The summed E-state index contributed by atoms with van der Waals surface area (Å²) in [5.74, 6) is -0.362. The molecule has 0 saturated carbocycles. The second-order valence-electron chi connectivity index (χ2n) is 10.3. The summed E-state index contributed by atoms with van der Waals surface area (Å²) in [5, 5.41) is 7.23. The quantitative estimate of drug-likeness (QED) is 0.443. The standard InChI is InChI=1S/C27H30FN7O2/c1-16-10-20(28)21(32-26(36)22-13-24(27(3,4)5)30-15-29-22)12-19(16)18-11-23(34-6-8-37-9-7-34)25-31-17(2)33-35(25)14-18/h10-15H,6-9H2,1-5H3,(H,32,36). The Labute approximate surface area is 214 Å². The average Bonchev–Trinajstić information content (AvgIpc) is 3.25. The van der Waals surface area contributed by atoms with Gasteiger partial charge in [-0.3, -0.25) is 4.79 Å². The van der Waals surface area contributed by atoms with Crippen molar-refractivity contribution in [1.29, 1.82) is 0 Å². The largest absolute Gasteiger partial charge is 0.378 e. The molecular formula is C27H30FN7O2. The second-order valence-corrected chi connectivity index (χ2v) is 10.3. The molecular weight excluding hydrogens is 473 g/mol. The van der Waals surface area contributed by atoms with Gasteiger partial charge in [-0.15, -0.1) is 0 Å². The fourth-order valence-corrected chi connectivity index (χ4v) is 4.42. The first kappa shape index (κ1) is 24.8. The fourth-order valence-electron chi connectivity index (χ4n) is 4.42. The zero-order valence-electron chi connectivity index (χ0n) is 21.7. The van der Waals surface area contributed by atoms with Crippen LogP contribution >= 0.6 is 0 Å². The minimum absolute atomic E-state index is 0.0734. The van der Waals surface area contributed by atoms with Crippen molar-refractivity contribution in [1.82, 2.24) is 24.6 Å². The van der Waals surface area contributed by atoms with E-state index in [4.69, 9.17) is 4.74 Å². The third kappa shape index (κ3) is 5.01. The van der Waals surface area contributed by atoms with Gasteiger partial charge in [-0.05, 0) is 49.2 Å². The van der Waals surface area contributed by atoms with E-state index < -0.39 is 11.7 Å².